The molecule has 1 aromatic rings. The van der Waals surface area contributed by atoms with Crippen molar-refractivity contribution in [3.05, 3.63) is 37.9 Å². The minimum Gasteiger partial charge on any atom is -0.468 e. The highest BCUT2D eigenvalue weighted by atomic mass is 32.2. The highest BCUT2D eigenvalue weighted by Crippen LogP contribution is 2.33. The third kappa shape index (κ3) is 3.65. The van der Waals surface area contributed by atoms with Gasteiger partial charge < -0.3 is 4.74 Å². The van der Waals surface area contributed by atoms with E-state index in [1.165, 1.54) is 20.1 Å². The van der Waals surface area contributed by atoms with Gasteiger partial charge in [-0.1, -0.05) is 0 Å². The molecule has 0 saturated heterocycles. The highest BCUT2D eigenvalue weighted by molar-refractivity contribution is 8.00. The van der Waals surface area contributed by atoms with Crippen molar-refractivity contribution >= 4 is 29.1 Å². The molecule has 1 aromatic carbocycles. The number of nitro benzene ring substituents is 2. The molecular weight excluding hydrogens is 276 g/mol. The number of nitro groups is 2. The minimum absolute atomic E-state index is 0.0737. The Morgan fingerprint density at radius 3 is 2.42 bits per heavy atom. The number of esters is 1. The van der Waals surface area contributed by atoms with Gasteiger partial charge in [0.1, 0.15) is 0 Å². The zero-order valence-electron chi connectivity index (χ0n) is 10.1. The van der Waals surface area contributed by atoms with Gasteiger partial charge >= 0.3 is 5.97 Å². The van der Waals surface area contributed by atoms with Crippen LogP contribution in [0.3, 0.4) is 0 Å². The normalized spacial score (nSPS) is 10.0. The zero-order valence-corrected chi connectivity index (χ0v) is 10.9. The first-order valence-corrected chi connectivity index (χ1v) is 5.98. The van der Waals surface area contributed by atoms with Gasteiger partial charge in [-0.15, -0.1) is 11.8 Å². The summed E-state index contributed by atoms with van der Waals surface area (Å²) >= 11 is 0.959. The van der Waals surface area contributed by atoms with E-state index in [4.69, 9.17) is 0 Å². The van der Waals surface area contributed by atoms with Crippen molar-refractivity contribution < 1.29 is 19.4 Å². The lowest BCUT2D eigenvalue weighted by atomic mass is 10.2. The van der Waals surface area contributed by atoms with Crippen LogP contribution in [0.15, 0.2) is 17.0 Å². The van der Waals surface area contributed by atoms with Gasteiger partial charge in [0.25, 0.3) is 11.4 Å². The summed E-state index contributed by atoms with van der Waals surface area (Å²) in [7, 11) is 1.21. The maximum atomic E-state index is 11.0. The van der Waals surface area contributed by atoms with E-state index in [0.29, 0.717) is 4.90 Å². The van der Waals surface area contributed by atoms with E-state index in [-0.39, 0.29) is 22.7 Å². The van der Waals surface area contributed by atoms with Crippen molar-refractivity contribution in [2.75, 3.05) is 12.9 Å². The van der Waals surface area contributed by atoms with Gasteiger partial charge in [-0.25, -0.2) is 0 Å². The number of nitrogens with zero attached hydrogens (tertiary/aromatic N) is 2. The Morgan fingerprint density at radius 2 is 1.95 bits per heavy atom. The molecule has 0 radical (unpaired) electrons. The summed E-state index contributed by atoms with van der Waals surface area (Å²) in [6.07, 6.45) is 0. The van der Waals surface area contributed by atoms with Crippen LogP contribution in [0.25, 0.3) is 0 Å². The number of hydrogen-bond donors (Lipinski definition) is 0. The lowest BCUT2D eigenvalue weighted by Gasteiger charge is -2.05. The molecule has 8 nitrogen and oxygen atoms in total. The standard InChI is InChI=1S/C10H10N2O6S/c1-6-8(12(16)17)3-7(11(14)15)4-9(6)19-5-10(13)18-2/h3-4H,5H2,1-2H3. The lowest BCUT2D eigenvalue weighted by molar-refractivity contribution is -0.394. The fourth-order valence-corrected chi connectivity index (χ4v) is 2.22. The van der Waals surface area contributed by atoms with E-state index in [0.717, 1.165) is 17.8 Å². The topological polar surface area (TPSA) is 113 Å². The highest BCUT2D eigenvalue weighted by Gasteiger charge is 2.21. The third-order valence-corrected chi connectivity index (χ3v) is 3.41. The lowest BCUT2D eigenvalue weighted by Crippen LogP contribution is -2.04. The molecule has 0 spiro atoms. The van der Waals surface area contributed by atoms with Crippen LogP contribution in [-0.2, 0) is 9.53 Å². The molecule has 0 bridgehead atoms. The molecule has 9 heteroatoms. The van der Waals surface area contributed by atoms with Crippen molar-refractivity contribution in [2.45, 2.75) is 11.8 Å². The van der Waals surface area contributed by atoms with Gasteiger partial charge in [-0.05, 0) is 6.92 Å². The van der Waals surface area contributed by atoms with E-state index < -0.39 is 15.8 Å². The monoisotopic (exact) mass is 286 g/mol. The number of hydrogen-bond acceptors (Lipinski definition) is 7. The van der Waals surface area contributed by atoms with Crippen molar-refractivity contribution in [3.8, 4) is 0 Å². The molecule has 0 unspecified atom stereocenters. The van der Waals surface area contributed by atoms with Crippen LogP contribution in [0.4, 0.5) is 11.4 Å². The Labute approximate surface area is 112 Å². The van der Waals surface area contributed by atoms with E-state index >= 15 is 0 Å². The van der Waals surface area contributed by atoms with Crippen molar-refractivity contribution in [3.63, 3.8) is 0 Å². The molecule has 0 amide bonds. The van der Waals surface area contributed by atoms with Gasteiger partial charge in [0.2, 0.25) is 0 Å². The van der Waals surface area contributed by atoms with E-state index in [1.807, 2.05) is 0 Å². The molecule has 0 fully saturated rings. The fourth-order valence-electron chi connectivity index (χ4n) is 1.30. The fraction of sp³-hybridized carbons (Fsp3) is 0.300. The predicted molar refractivity (Wildman–Crippen MR) is 67.2 cm³/mol. The number of thioether (sulfide) groups is 1. The van der Waals surface area contributed by atoms with Crippen molar-refractivity contribution in [1.29, 1.82) is 0 Å². The SMILES string of the molecule is COC(=O)CSc1cc([N+](=O)[O-])cc([N+](=O)[O-])c1C. The number of non-ortho nitro benzene ring substituents is 1. The quantitative estimate of drug-likeness (QED) is 0.352. The van der Waals surface area contributed by atoms with Crippen LogP contribution in [0.2, 0.25) is 0 Å². The second kappa shape index (κ2) is 6.14. The summed E-state index contributed by atoms with van der Waals surface area (Å²) < 4.78 is 4.44. The molecule has 0 saturated carbocycles. The molecular formula is C10H10N2O6S. The second-order valence-electron chi connectivity index (χ2n) is 3.47. The van der Waals surface area contributed by atoms with Crippen LogP contribution >= 0.6 is 11.8 Å². The smallest absolute Gasteiger partial charge is 0.315 e. The Balaban J connectivity index is 3.18. The molecule has 0 N–H and O–H groups in total. The average Bonchev–Trinajstić information content (AvgIpc) is 2.36. The summed E-state index contributed by atoms with van der Waals surface area (Å²) in [5.41, 5.74) is -0.448. The van der Waals surface area contributed by atoms with Gasteiger partial charge in [-0.3, -0.25) is 25.0 Å². The predicted octanol–water partition coefficient (Wildman–Crippen LogP) is 2.08. The van der Waals surface area contributed by atoms with Gasteiger partial charge in [0, 0.05) is 16.5 Å². The molecule has 102 valence electrons. The van der Waals surface area contributed by atoms with Crippen LogP contribution in [-0.4, -0.2) is 28.7 Å². The van der Waals surface area contributed by atoms with Crippen molar-refractivity contribution in [2.24, 2.45) is 0 Å². The molecule has 0 heterocycles. The number of carbonyl (C=O) groups is 1. The van der Waals surface area contributed by atoms with Gasteiger partial charge in [-0.2, -0.15) is 0 Å². The van der Waals surface area contributed by atoms with Crippen LogP contribution in [0.1, 0.15) is 5.56 Å². The van der Waals surface area contributed by atoms with Gasteiger partial charge in [0.15, 0.2) is 0 Å². The average molecular weight is 286 g/mol. The Kier molecular flexibility index (Phi) is 4.81. The summed E-state index contributed by atoms with van der Waals surface area (Å²) in [6, 6.07) is 2.10. The van der Waals surface area contributed by atoms with Crippen LogP contribution < -0.4 is 0 Å². The summed E-state index contributed by atoms with van der Waals surface area (Å²) in [4.78, 5) is 31.5. The number of carbonyl (C=O) groups excluding carboxylic acids is 1. The van der Waals surface area contributed by atoms with E-state index in [1.54, 1.807) is 0 Å². The van der Waals surface area contributed by atoms with E-state index in [9.17, 15) is 25.0 Å². The summed E-state index contributed by atoms with van der Waals surface area (Å²) in [5.74, 6) is -0.589. The first kappa shape index (κ1) is 14.9. The molecule has 0 aliphatic heterocycles. The number of ether oxygens (including phenoxy) is 1. The van der Waals surface area contributed by atoms with Crippen LogP contribution in [0, 0.1) is 27.2 Å². The largest absolute Gasteiger partial charge is 0.468 e. The number of benzene rings is 1. The first-order chi connectivity index (χ1) is 8.86. The summed E-state index contributed by atoms with van der Waals surface area (Å²) in [5, 5.41) is 21.5. The van der Waals surface area contributed by atoms with Gasteiger partial charge in [0.05, 0.1) is 28.8 Å². The van der Waals surface area contributed by atoms with Crippen molar-refractivity contribution in [1.82, 2.24) is 0 Å². The Hall–Kier alpha value is -2.16. The summed E-state index contributed by atoms with van der Waals surface area (Å²) in [6.45, 7) is 1.47. The molecule has 1 rings (SSSR count). The molecule has 19 heavy (non-hydrogen) atoms. The van der Waals surface area contributed by atoms with Crippen LogP contribution in [0.5, 0.6) is 0 Å². The molecule has 0 aliphatic carbocycles. The first-order valence-electron chi connectivity index (χ1n) is 5.00. The molecule has 0 atom stereocenters. The maximum Gasteiger partial charge on any atom is 0.315 e. The number of rotatable bonds is 5. The zero-order chi connectivity index (χ0) is 14.6. The maximum absolute atomic E-state index is 11.0. The second-order valence-corrected chi connectivity index (χ2v) is 4.48. The number of methoxy groups -OCH3 is 1. The molecule has 0 aromatic heterocycles. The Morgan fingerprint density at radius 1 is 1.32 bits per heavy atom. The molecule has 0 aliphatic rings. The van der Waals surface area contributed by atoms with E-state index in [2.05, 4.69) is 4.74 Å². The minimum atomic E-state index is -0.714. The third-order valence-electron chi connectivity index (χ3n) is 2.30. The Bertz CT molecular complexity index is 545.